The first-order valence-corrected chi connectivity index (χ1v) is 10.6. The third kappa shape index (κ3) is 5.14. The van der Waals surface area contributed by atoms with Gasteiger partial charge in [0.2, 0.25) is 10.0 Å². The number of carbonyl (C=O) groups excluding carboxylic acids is 1. The first-order valence-electron chi connectivity index (χ1n) is 8.24. The number of nitrogens with one attached hydrogen (secondary N) is 1. The van der Waals surface area contributed by atoms with Crippen molar-refractivity contribution in [3.63, 3.8) is 0 Å². The van der Waals surface area contributed by atoms with Gasteiger partial charge >= 0.3 is 0 Å². The van der Waals surface area contributed by atoms with Crippen LogP contribution in [0.1, 0.15) is 35.5 Å². The molecule has 136 valence electrons. The molecule has 2 aromatic rings. The summed E-state index contributed by atoms with van der Waals surface area (Å²) in [4.78, 5) is 12.7. The van der Waals surface area contributed by atoms with Crippen LogP contribution in [0.5, 0.6) is 0 Å². The molecule has 5 nitrogen and oxygen atoms in total. The number of hydrogen-bond acceptors (Lipinski definition) is 4. The third-order valence-corrected chi connectivity index (χ3v) is 6.97. The Bertz CT molecular complexity index is 801. The zero-order valence-corrected chi connectivity index (χ0v) is 16.4. The lowest BCUT2D eigenvalue weighted by Gasteiger charge is -2.16. The van der Waals surface area contributed by atoms with E-state index in [0.29, 0.717) is 17.8 Å². The normalized spacial score (nSPS) is 13.0. The summed E-state index contributed by atoms with van der Waals surface area (Å²) in [6.07, 6.45) is 1.46. The van der Waals surface area contributed by atoms with Gasteiger partial charge in [-0.3, -0.25) is 4.79 Å². The molecule has 0 unspecified atom stereocenters. The Balaban J connectivity index is 2.05. The third-order valence-electron chi connectivity index (χ3n) is 4.06. The van der Waals surface area contributed by atoms with Gasteiger partial charge in [0.15, 0.2) is 0 Å². The first-order chi connectivity index (χ1) is 11.8. The average Bonchev–Trinajstić information content (AvgIpc) is 3.11. The average molecular weight is 381 g/mol. The predicted molar refractivity (Wildman–Crippen MR) is 102 cm³/mol. The SMILES string of the molecule is CC[C@H](C)NC(=O)c1cc(S(=O)(=O)N(C)CCc2ccccc2)cs1. The molecule has 0 aliphatic rings. The summed E-state index contributed by atoms with van der Waals surface area (Å²) in [6.45, 7) is 4.29. The molecule has 25 heavy (non-hydrogen) atoms. The van der Waals surface area contributed by atoms with Crippen molar-refractivity contribution in [3.8, 4) is 0 Å². The van der Waals surface area contributed by atoms with Crippen molar-refractivity contribution >= 4 is 27.3 Å². The van der Waals surface area contributed by atoms with Crippen LogP contribution in [0.4, 0.5) is 0 Å². The predicted octanol–water partition coefficient (Wildman–Crippen LogP) is 3.14. The van der Waals surface area contributed by atoms with E-state index in [9.17, 15) is 13.2 Å². The van der Waals surface area contributed by atoms with Crippen LogP contribution in [0.2, 0.25) is 0 Å². The Labute approximate surface area is 153 Å². The molecule has 0 aliphatic carbocycles. The van der Waals surface area contributed by atoms with Crippen LogP contribution < -0.4 is 5.32 Å². The number of thiophene rings is 1. The molecule has 0 saturated carbocycles. The zero-order chi connectivity index (χ0) is 18.4. The minimum Gasteiger partial charge on any atom is -0.349 e. The molecule has 1 atom stereocenters. The Morgan fingerprint density at radius 1 is 1.28 bits per heavy atom. The topological polar surface area (TPSA) is 66.5 Å². The highest BCUT2D eigenvalue weighted by molar-refractivity contribution is 7.89. The first kappa shape index (κ1) is 19.6. The molecular weight excluding hydrogens is 356 g/mol. The van der Waals surface area contributed by atoms with Crippen molar-refractivity contribution in [1.82, 2.24) is 9.62 Å². The molecule has 0 bridgehead atoms. The molecule has 1 amide bonds. The van der Waals surface area contributed by atoms with Crippen LogP contribution in [0.25, 0.3) is 0 Å². The van der Waals surface area contributed by atoms with E-state index < -0.39 is 10.0 Å². The molecular formula is C18H24N2O3S2. The lowest BCUT2D eigenvalue weighted by atomic mass is 10.2. The molecule has 1 N–H and O–H groups in total. The summed E-state index contributed by atoms with van der Waals surface area (Å²) in [5.41, 5.74) is 1.09. The number of nitrogens with zero attached hydrogens (tertiary/aromatic N) is 1. The van der Waals surface area contributed by atoms with Gasteiger partial charge in [0.1, 0.15) is 0 Å². The van der Waals surface area contributed by atoms with E-state index in [0.717, 1.165) is 23.3 Å². The van der Waals surface area contributed by atoms with Crippen LogP contribution in [-0.4, -0.2) is 38.3 Å². The number of hydrogen-bond donors (Lipinski definition) is 1. The Hall–Kier alpha value is -1.70. The second-order valence-corrected chi connectivity index (χ2v) is 8.95. The Morgan fingerprint density at radius 2 is 1.96 bits per heavy atom. The zero-order valence-electron chi connectivity index (χ0n) is 14.7. The molecule has 1 aromatic carbocycles. The highest BCUT2D eigenvalue weighted by atomic mass is 32.2. The summed E-state index contributed by atoms with van der Waals surface area (Å²) in [5.74, 6) is -0.229. The molecule has 1 aromatic heterocycles. The molecule has 0 spiro atoms. The number of benzene rings is 1. The summed E-state index contributed by atoms with van der Waals surface area (Å²) in [7, 11) is -2.03. The van der Waals surface area contributed by atoms with Gasteiger partial charge in [-0.1, -0.05) is 37.3 Å². The van der Waals surface area contributed by atoms with Gasteiger partial charge in [-0.2, -0.15) is 0 Å². The largest absolute Gasteiger partial charge is 0.349 e. The maximum absolute atomic E-state index is 12.7. The van der Waals surface area contributed by atoms with Crippen molar-refractivity contribution in [1.29, 1.82) is 0 Å². The fourth-order valence-electron chi connectivity index (χ4n) is 2.20. The van der Waals surface area contributed by atoms with Crippen molar-refractivity contribution in [2.75, 3.05) is 13.6 Å². The summed E-state index contributed by atoms with van der Waals surface area (Å²) >= 11 is 1.15. The second-order valence-electron chi connectivity index (χ2n) is 5.99. The Morgan fingerprint density at radius 3 is 2.60 bits per heavy atom. The van der Waals surface area contributed by atoms with Crippen LogP contribution in [0, 0.1) is 0 Å². The maximum atomic E-state index is 12.7. The second kappa shape index (κ2) is 8.60. The van der Waals surface area contributed by atoms with Crippen molar-refractivity contribution < 1.29 is 13.2 Å². The van der Waals surface area contributed by atoms with Crippen LogP contribution >= 0.6 is 11.3 Å². The lowest BCUT2D eigenvalue weighted by molar-refractivity contribution is 0.0943. The van der Waals surface area contributed by atoms with Gasteiger partial charge in [0.25, 0.3) is 5.91 Å². The minimum atomic E-state index is -3.59. The highest BCUT2D eigenvalue weighted by Crippen LogP contribution is 2.22. The van der Waals surface area contributed by atoms with E-state index in [1.54, 1.807) is 7.05 Å². The number of sulfonamides is 1. The molecule has 0 aliphatic heterocycles. The molecule has 2 rings (SSSR count). The molecule has 0 radical (unpaired) electrons. The quantitative estimate of drug-likeness (QED) is 0.765. The van der Waals surface area contributed by atoms with Gasteiger partial charge in [-0.05, 0) is 31.4 Å². The van der Waals surface area contributed by atoms with Crippen LogP contribution in [-0.2, 0) is 16.4 Å². The van der Waals surface area contributed by atoms with Gasteiger partial charge in [-0.15, -0.1) is 11.3 Å². The van der Waals surface area contributed by atoms with Crippen molar-refractivity contribution in [2.45, 2.75) is 37.6 Å². The van der Waals surface area contributed by atoms with Gasteiger partial charge in [0, 0.05) is 25.0 Å². The van der Waals surface area contributed by atoms with Gasteiger partial charge in [-0.25, -0.2) is 12.7 Å². The molecule has 0 fully saturated rings. The number of likely N-dealkylation sites (N-methyl/N-ethyl adjacent to an activating group) is 1. The summed E-state index contributed by atoms with van der Waals surface area (Å²) in [6, 6.07) is 11.3. The molecule has 1 heterocycles. The van der Waals surface area contributed by atoms with E-state index in [1.165, 1.54) is 15.8 Å². The van der Waals surface area contributed by atoms with Crippen LogP contribution in [0.3, 0.4) is 0 Å². The number of carbonyl (C=O) groups is 1. The van der Waals surface area contributed by atoms with E-state index >= 15 is 0 Å². The van der Waals surface area contributed by atoms with Crippen LogP contribution in [0.15, 0.2) is 46.7 Å². The lowest BCUT2D eigenvalue weighted by Crippen LogP contribution is -2.31. The standard InChI is InChI=1S/C18H24N2O3S2/c1-4-14(2)19-18(21)17-12-16(13-24-17)25(22,23)20(3)11-10-15-8-6-5-7-9-15/h5-9,12-14H,4,10-11H2,1-3H3,(H,19,21)/t14-/m0/s1. The Kier molecular flexibility index (Phi) is 6.75. The van der Waals surface area contributed by atoms with Gasteiger partial charge in [0.05, 0.1) is 9.77 Å². The fourth-order valence-corrected chi connectivity index (χ4v) is 4.54. The molecule has 7 heteroatoms. The molecule has 0 saturated heterocycles. The van der Waals surface area contributed by atoms with E-state index in [1.807, 2.05) is 44.2 Å². The minimum absolute atomic E-state index is 0.0585. The smallest absolute Gasteiger partial charge is 0.261 e. The summed E-state index contributed by atoms with van der Waals surface area (Å²) < 4.78 is 26.7. The van der Waals surface area contributed by atoms with E-state index in [-0.39, 0.29) is 16.8 Å². The number of rotatable bonds is 8. The fraction of sp³-hybridized carbons (Fsp3) is 0.389. The van der Waals surface area contributed by atoms with Gasteiger partial charge < -0.3 is 5.32 Å². The highest BCUT2D eigenvalue weighted by Gasteiger charge is 2.23. The number of amides is 1. The van der Waals surface area contributed by atoms with E-state index in [4.69, 9.17) is 0 Å². The maximum Gasteiger partial charge on any atom is 0.261 e. The van der Waals surface area contributed by atoms with Crippen molar-refractivity contribution in [2.24, 2.45) is 0 Å². The van der Waals surface area contributed by atoms with Crippen molar-refractivity contribution in [3.05, 3.63) is 52.2 Å². The summed E-state index contributed by atoms with van der Waals surface area (Å²) in [5, 5.41) is 4.38. The monoisotopic (exact) mass is 380 g/mol. The van der Waals surface area contributed by atoms with E-state index in [2.05, 4.69) is 5.32 Å².